The van der Waals surface area contributed by atoms with Gasteiger partial charge in [0.25, 0.3) is 0 Å². The van der Waals surface area contributed by atoms with E-state index in [0.717, 1.165) is 77.0 Å². The van der Waals surface area contributed by atoms with Gasteiger partial charge in [-0.25, -0.2) is 0 Å². The van der Waals surface area contributed by atoms with E-state index in [1.807, 2.05) is 0 Å². The molecule has 0 aromatic carbocycles. The molecule has 0 fully saturated rings. The Morgan fingerprint density at radius 2 is 0.925 bits per heavy atom. The number of hydrogen-bond acceptors (Lipinski definition) is 5. The fourth-order valence-corrected chi connectivity index (χ4v) is 6.93. The van der Waals surface area contributed by atoms with E-state index in [9.17, 15) is 19.8 Å². The molecule has 0 rings (SSSR count). The van der Waals surface area contributed by atoms with E-state index in [1.165, 1.54) is 116 Å². The van der Waals surface area contributed by atoms with E-state index in [2.05, 4.69) is 50.4 Å². The molecule has 0 aromatic heterocycles. The Morgan fingerprint density at radius 1 is 0.528 bits per heavy atom. The topological polar surface area (TPSA) is 95.9 Å². The summed E-state index contributed by atoms with van der Waals surface area (Å²) in [6.07, 6.45) is 45.3. The smallest absolute Gasteiger partial charge is 0.306 e. The number of carbonyl (C=O) groups is 2. The Balaban J connectivity index is 4.54. The molecule has 3 atom stereocenters. The first-order chi connectivity index (χ1) is 26.0. The first kappa shape index (κ1) is 51.3. The second-order valence-corrected chi connectivity index (χ2v) is 15.8. The number of unbranched alkanes of at least 4 members (excludes halogenated alkanes) is 25. The highest BCUT2D eigenvalue weighted by atomic mass is 16.5. The third-order valence-electron chi connectivity index (χ3n) is 10.5. The van der Waals surface area contributed by atoms with Gasteiger partial charge in [-0.05, 0) is 70.6 Å². The van der Waals surface area contributed by atoms with E-state index in [0.29, 0.717) is 19.3 Å². The zero-order valence-electron chi connectivity index (χ0n) is 35.4. The highest BCUT2D eigenvalue weighted by Crippen LogP contribution is 2.17. The summed E-state index contributed by atoms with van der Waals surface area (Å²) >= 11 is 0. The number of aliphatic hydroxyl groups excluding tert-OH is 2. The lowest BCUT2D eigenvalue weighted by molar-refractivity contribution is -0.151. The highest BCUT2D eigenvalue weighted by Gasteiger charge is 2.24. The summed E-state index contributed by atoms with van der Waals surface area (Å²) < 4.78 is 5.87. The number of rotatable bonds is 41. The molecule has 312 valence electrons. The van der Waals surface area contributed by atoms with Gasteiger partial charge in [0.1, 0.15) is 6.10 Å². The Labute approximate surface area is 329 Å². The molecule has 1 amide bonds. The molecular weight excluding hydrogens is 659 g/mol. The minimum atomic E-state index is -0.788. The van der Waals surface area contributed by atoms with Crippen LogP contribution in [-0.2, 0) is 14.3 Å². The van der Waals surface area contributed by atoms with Crippen molar-refractivity contribution in [1.29, 1.82) is 0 Å². The van der Waals surface area contributed by atoms with Gasteiger partial charge < -0.3 is 20.3 Å². The van der Waals surface area contributed by atoms with Crippen molar-refractivity contribution < 1.29 is 24.5 Å². The number of aliphatic hydroxyl groups is 2. The van der Waals surface area contributed by atoms with Crippen LogP contribution < -0.4 is 5.32 Å². The Kier molecular flexibility index (Phi) is 40.2. The second-order valence-electron chi connectivity index (χ2n) is 15.8. The molecule has 53 heavy (non-hydrogen) atoms. The standard InChI is InChI=1S/C47H89NO5/c1-4-7-10-13-16-19-21-22-23-25-28-31-34-37-40-47(52)53-43(38-35-32-29-26-18-15-12-9-6-3)41-46(51)48-44(42-49)45(50)39-36-33-30-27-24-20-17-14-11-8-5-2/h15,18,23,25,43-45,49-50H,4-14,16-17,19-22,24,26-42H2,1-3H3,(H,48,51)/b18-15-,25-23-. The number of hydrogen-bond donors (Lipinski definition) is 3. The summed E-state index contributed by atoms with van der Waals surface area (Å²) in [5.41, 5.74) is 0. The van der Waals surface area contributed by atoms with Crippen molar-refractivity contribution in [1.82, 2.24) is 5.32 Å². The summed E-state index contributed by atoms with van der Waals surface area (Å²) in [7, 11) is 0. The largest absolute Gasteiger partial charge is 0.462 e. The molecule has 3 N–H and O–H groups in total. The molecule has 0 aliphatic rings. The first-order valence-electron chi connectivity index (χ1n) is 23.1. The van der Waals surface area contributed by atoms with Crippen molar-refractivity contribution >= 4 is 11.9 Å². The average molecular weight is 748 g/mol. The predicted octanol–water partition coefficient (Wildman–Crippen LogP) is 13.2. The molecule has 6 heteroatoms. The van der Waals surface area contributed by atoms with Crippen molar-refractivity contribution in [2.24, 2.45) is 0 Å². The summed E-state index contributed by atoms with van der Waals surface area (Å²) in [4.78, 5) is 25.9. The van der Waals surface area contributed by atoms with Crippen molar-refractivity contribution in [3.05, 3.63) is 24.3 Å². The third kappa shape index (κ3) is 37.1. The number of ether oxygens (including phenoxy) is 1. The fraction of sp³-hybridized carbons (Fsp3) is 0.872. The quantitative estimate of drug-likeness (QED) is 0.0329. The van der Waals surface area contributed by atoms with Crippen LogP contribution in [0, 0.1) is 0 Å². The van der Waals surface area contributed by atoms with Crippen LogP contribution >= 0.6 is 0 Å². The SMILES string of the molecule is CCCC/C=C\CCCCCC(CC(=O)NC(CO)C(O)CCCCCCCCCCCCC)OC(=O)CCCCC/C=C\CCCCCCCCC. The minimum Gasteiger partial charge on any atom is -0.462 e. The fourth-order valence-electron chi connectivity index (χ4n) is 6.93. The molecule has 0 aliphatic heterocycles. The molecule has 0 saturated heterocycles. The lowest BCUT2D eigenvalue weighted by Crippen LogP contribution is -2.46. The molecule has 0 heterocycles. The van der Waals surface area contributed by atoms with Crippen LogP contribution in [0.5, 0.6) is 0 Å². The maximum atomic E-state index is 13.1. The number of carbonyl (C=O) groups excluding carboxylic acids is 2. The van der Waals surface area contributed by atoms with Crippen molar-refractivity contribution in [3.63, 3.8) is 0 Å². The zero-order chi connectivity index (χ0) is 38.9. The van der Waals surface area contributed by atoms with Gasteiger partial charge >= 0.3 is 5.97 Å². The van der Waals surface area contributed by atoms with Gasteiger partial charge in [-0.3, -0.25) is 9.59 Å². The minimum absolute atomic E-state index is 0.0634. The maximum Gasteiger partial charge on any atom is 0.306 e. The summed E-state index contributed by atoms with van der Waals surface area (Å²) in [5.74, 6) is -0.506. The first-order valence-corrected chi connectivity index (χ1v) is 23.1. The Morgan fingerprint density at radius 3 is 1.42 bits per heavy atom. The van der Waals surface area contributed by atoms with E-state index < -0.39 is 18.2 Å². The van der Waals surface area contributed by atoms with Gasteiger partial charge in [0.2, 0.25) is 5.91 Å². The summed E-state index contributed by atoms with van der Waals surface area (Å²) in [5, 5.41) is 23.6. The molecule has 3 unspecified atom stereocenters. The van der Waals surface area contributed by atoms with Gasteiger partial charge in [0.15, 0.2) is 0 Å². The van der Waals surface area contributed by atoms with Crippen LogP contribution in [0.3, 0.4) is 0 Å². The molecule has 0 spiro atoms. The molecule has 0 aromatic rings. The van der Waals surface area contributed by atoms with E-state index in [-0.39, 0.29) is 24.9 Å². The molecular formula is C47H89NO5. The number of esters is 1. The summed E-state index contributed by atoms with van der Waals surface area (Å²) in [6.45, 7) is 6.41. The van der Waals surface area contributed by atoms with Gasteiger partial charge in [0.05, 0.1) is 25.2 Å². The number of amides is 1. The van der Waals surface area contributed by atoms with Crippen molar-refractivity contribution in [3.8, 4) is 0 Å². The van der Waals surface area contributed by atoms with Gasteiger partial charge in [0, 0.05) is 6.42 Å². The normalized spacial score (nSPS) is 13.5. The molecule has 0 bridgehead atoms. The average Bonchev–Trinajstić information content (AvgIpc) is 3.15. The van der Waals surface area contributed by atoms with E-state index in [4.69, 9.17) is 4.74 Å². The third-order valence-corrected chi connectivity index (χ3v) is 10.5. The van der Waals surface area contributed by atoms with Crippen LogP contribution in [0.15, 0.2) is 24.3 Å². The molecule has 0 aliphatic carbocycles. The van der Waals surface area contributed by atoms with Gasteiger partial charge in [-0.1, -0.05) is 180 Å². The maximum absolute atomic E-state index is 13.1. The van der Waals surface area contributed by atoms with Crippen LogP contribution in [0.4, 0.5) is 0 Å². The van der Waals surface area contributed by atoms with E-state index >= 15 is 0 Å². The lowest BCUT2D eigenvalue weighted by Gasteiger charge is -2.24. The summed E-state index contributed by atoms with van der Waals surface area (Å²) in [6, 6.07) is -0.703. The lowest BCUT2D eigenvalue weighted by atomic mass is 10.0. The van der Waals surface area contributed by atoms with Gasteiger partial charge in [-0.2, -0.15) is 0 Å². The van der Waals surface area contributed by atoms with Crippen molar-refractivity contribution in [2.45, 2.75) is 257 Å². The van der Waals surface area contributed by atoms with E-state index in [1.54, 1.807) is 0 Å². The number of allylic oxidation sites excluding steroid dienone is 4. The monoisotopic (exact) mass is 748 g/mol. The van der Waals surface area contributed by atoms with Crippen LogP contribution in [0.25, 0.3) is 0 Å². The van der Waals surface area contributed by atoms with Crippen molar-refractivity contribution in [2.75, 3.05) is 6.61 Å². The predicted molar refractivity (Wildman–Crippen MR) is 227 cm³/mol. The zero-order valence-corrected chi connectivity index (χ0v) is 35.4. The Bertz CT molecular complexity index is 843. The van der Waals surface area contributed by atoms with Crippen LogP contribution in [0.2, 0.25) is 0 Å². The highest BCUT2D eigenvalue weighted by molar-refractivity contribution is 5.77. The second kappa shape index (κ2) is 41.5. The molecule has 6 nitrogen and oxygen atoms in total. The molecule has 0 radical (unpaired) electrons. The molecule has 0 saturated carbocycles. The Hall–Kier alpha value is -1.66. The van der Waals surface area contributed by atoms with Crippen LogP contribution in [0.1, 0.15) is 239 Å². The van der Waals surface area contributed by atoms with Crippen LogP contribution in [-0.4, -0.2) is 46.9 Å². The number of nitrogens with one attached hydrogen (secondary N) is 1. The van der Waals surface area contributed by atoms with Gasteiger partial charge in [-0.15, -0.1) is 0 Å².